The third-order valence-corrected chi connectivity index (χ3v) is 7.90. The van der Waals surface area contributed by atoms with Crippen LogP contribution in [0.5, 0.6) is 0 Å². The Morgan fingerprint density at radius 3 is 2.33 bits per heavy atom. The van der Waals surface area contributed by atoms with Crippen molar-refractivity contribution in [1.82, 2.24) is 10.2 Å². The number of rotatable bonds is 7. The van der Waals surface area contributed by atoms with Gasteiger partial charge >= 0.3 is 0 Å². The molecule has 0 bridgehead atoms. The zero-order valence-corrected chi connectivity index (χ0v) is 19.8. The van der Waals surface area contributed by atoms with Crippen molar-refractivity contribution in [2.75, 3.05) is 22.4 Å². The second-order valence-electron chi connectivity index (χ2n) is 6.08. The Balaban J connectivity index is 1.96. The van der Waals surface area contributed by atoms with E-state index in [4.69, 9.17) is 23.2 Å². The monoisotopic (exact) mass is 502 g/mol. The molecule has 1 amide bonds. The smallest absolute Gasteiger partial charge is 0.264 e. The number of sulfonamides is 1. The second-order valence-corrected chi connectivity index (χ2v) is 10.8. The number of nitrogens with zero attached hydrogens (tertiary/aromatic N) is 3. The lowest BCUT2D eigenvalue weighted by molar-refractivity contribution is -0.114. The van der Waals surface area contributed by atoms with Gasteiger partial charge in [-0.15, -0.1) is 10.2 Å². The van der Waals surface area contributed by atoms with Crippen molar-refractivity contribution in [2.45, 2.75) is 16.2 Å². The first-order valence-corrected chi connectivity index (χ1v) is 12.7. The molecule has 0 unspecified atom stereocenters. The molecule has 12 heteroatoms. The van der Waals surface area contributed by atoms with Gasteiger partial charge in [0.05, 0.1) is 10.6 Å². The van der Waals surface area contributed by atoms with Gasteiger partial charge in [-0.05, 0) is 43.5 Å². The largest absolute Gasteiger partial charge is 0.299 e. The van der Waals surface area contributed by atoms with Crippen LogP contribution in [0, 0.1) is 6.92 Å². The zero-order chi connectivity index (χ0) is 21.9. The van der Waals surface area contributed by atoms with Gasteiger partial charge in [0.15, 0.2) is 4.34 Å². The quantitative estimate of drug-likeness (QED) is 0.371. The van der Waals surface area contributed by atoms with Gasteiger partial charge in [-0.3, -0.25) is 14.4 Å². The lowest BCUT2D eigenvalue weighted by Crippen LogP contribution is -2.38. The molecular formula is C18H16Cl2N4O3S3. The van der Waals surface area contributed by atoms with E-state index in [0.29, 0.717) is 4.34 Å². The number of nitrogens with one attached hydrogen (secondary N) is 1. The summed E-state index contributed by atoms with van der Waals surface area (Å²) in [5.41, 5.74) is 1.08. The van der Waals surface area contributed by atoms with Gasteiger partial charge in [0.1, 0.15) is 6.54 Å². The average molecular weight is 503 g/mol. The molecule has 0 fully saturated rings. The summed E-state index contributed by atoms with van der Waals surface area (Å²) in [6, 6.07) is 10.7. The maximum Gasteiger partial charge on any atom is 0.264 e. The maximum atomic E-state index is 13.3. The fourth-order valence-electron chi connectivity index (χ4n) is 2.47. The van der Waals surface area contributed by atoms with Gasteiger partial charge in [-0.25, -0.2) is 8.42 Å². The number of benzene rings is 2. The number of hydrogen-bond acceptors (Lipinski definition) is 7. The van der Waals surface area contributed by atoms with Gasteiger partial charge < -0.3 is 0 Å². The minimum absolute atomic E-state index is 0.0394. The van der Waals surface area contributed by atoms with E-state index in [1.165, 1.54) is 53.4 Å². The summed E-state index contributed by atoms with van der Waals surface area (Å²) < 4.78 is 28.3. The number of carbonyl (C=O) groups excluding carboxylic acids is 1. The van der Waals surface area contributed by atoms with E-state index < -0.39 is 22.5 Å². The van der Waals surface area contributed by atoms with Crippen molar-refractivity contribution in [2.24, 2.45) is 0 Å². The first-order valence-electron chi connectivity index (χ1n) is 8.42. The van der Waals surface area contributed by atoms with Crippen LogP contribution >= 0.6 is 46.3 Å². The molecule has 1 N–H and O–H groups in total. The predicted octanol–water partition coefficient (Wildman–Crippen LogP) is 4.71. The molecule has 0 saturated carbocycles. The fraction of sp³-hybridized carbons (Fsp3) is 0.167. The van der Waals surface area contributed by atoms with E-state index in [0.717, 1.165) is 9.87 Å². The number of halogens is 2. The van der Waals surface area contributed by atoms with E-state index >= 15 is 0 Å². The standard InChI is InChI=1S/C18H16Cl2N4O3S3/c1-11-3-5-15(6-4-11)30(26,27)24(14-8-12(19)7-13(20)9-14)10-16(25)21-17-22-23-18(28-2)29-17/h3-9H,10H2,1-2H3,(H,21,22,25). The molecular weight excluding hydrogens is 487 g/mol. The highest BCUT2D eigenvalue weighted by Gasteiger charge is 2.28. The molecule has 3 aromatic rings. The molecule has 1 aromatic heterocycles. The Hall–Kier alpha value is -1.85. The molecule has 0 aliphatic carbocycles. The third kappa shape index (κ3) is 5.44. The van der Waals surface area contributed by atoms with Crippen molar-refractivity contribution in [1.29, 1.82) is 0 Å². The normalized spacial score (nSPS) is 11.3. The molecule has 1 heterocycles. The van der Waals surface area contributed by atoms with Crippen LogP contribution in [-0.2, 0) is 14.8 Å². The summed E-state index contributed by atoms with van der Waals surface area (Å²) in [6.07, 6.45) is 1.84. The van der Waals surface area contributed by atoms with E-state index in [-0.39, 0.29) is 25.8 Å². The summed E-state index contributed by atoms with van der Waals surface area (Å²) in [4.78, 5) is 12.7. The SMILES string of the molecule is CSc1nnc(NC(=O)CN(c2cc(Cl)cc(Cl)c2)S(=O)(=O)c2ccc(C)cc2)s1. The van der Waals surface area contributed by atoms with Crippen LogP contribution in [0.15, 0.2) is 51.7 Å². The predicted molar refractivity (Wildman–Crippen MR) is 122 cm³/mol. The molecule has 0 atom stereocenters. The van der Waals surface area contributed by atoms with Crippen LogP contribution in [0.2, 0.25) is 10.0 Å². The molecule has 30 heavy (non-hydrogen) atoms. The molecule has 0 spiro atoms. The minimum atomic E-state index is -4.07. The highest BCUT2D eigenvalue weighted by molar-refractivity contribution is 8.00. The number of hydrogen-bond donors (Lipinski definition) is 1. The van der Waals surface area contributed by atoms with Crippen LogP contribution in [0.1, 0.15) is 5.56 Å². The van der Waals surface area contributed by atoms with E-state index in [2.05, 4.69) is 15.5 Å². The summed E-state index contributed by atoms with van der Waals surface area (Å²) in [5, 5.41) is 11.1. The first-order chi connectivity index (χ1) is 14.2. The summed E-state index contributed by atoms with van der Waals surface area (Å²) in [6.45, 7) is 1.35. The van der Waals surface area contributed by atoms with Crippen molar-refractivity contribution in [3.05, 3.63) is 58.1 Å². The Bertz CT molecular complexity index is 1150. The topological polar surface area (TPSA) is 92.3 Å². The fourth-order valence-corrected chi connectivity index (χ4v) is 5.57. The zero-order valence-electron chi connectivity index (χ0n) is 15.8. The van der Waals surface area contributed by atoms with Crippen molar-refractivity contribution in [3.63, 3.8) is 0 Å². The van der Waals surface area contributed by atoms with E-state index in [1.807, 2.05) is 13.2 Å². The van der Waals surface area contributed by atoms with Crippen LogP contribution in [0.3, 0.4) is 0 Å². The van der Waals surface area contributed by atoms with Gasteiger partial charge in [0.25, 0.3) is 10.0 Å². The molecule has 0 radical (unpaired) electrons. The minimum Gasteiger partial charge on any atom is -0.299 e. The highest BCUT2D eigenvalue weighted by Crippen LogP contribution is 2.30. The van der Waals surface area contributed by atoms with Crippen LogP contribution in [0.25, 0.3) is 0 Å². The average Bonchev–Trinajstić information content (AvgIpc) is 3.13. The number of aryl methyl sites for hydroxylation is 1. The molecule has 158 valence electrons. The van der Waals surface area contributed by atoms with Gasteiger partial charge in [-0.1, -0.05) is 64.0 Å². The maximum absolute atomic E-state index is 13.3. The number of anilines is 2. The van der Waals surface area contributed by atoms with Gasteiger partial charge in [0.2, 0.25) is 11.0 Å². The Kier molecular flexibility index (Phi) is 7.25. The number of carbonyl (C=O) groups is 1. The van der Waals surface area contributed by atoms with E-state index in [9.17, 15) is 13.2 Å². The van der Waals surface area contributed by atoms with Crippen LogP contribution in [0.4, 0.5) is 10.8 Å². The molecule has 0 aliphatic heterocycles. The lowest BCUT2D eigenvalue weighted by Gasteiger charge is -2.24. The number of aromatic nitrogens is 2. The molecule has 3 rings (SSSR count). The van der Waals surface area contributed by atoms with Crippen LogP contribution < -0.4 is 9.62 Å². The summed E-state index contributed by atoms with van der Waals surface area (Å²) in [5.74, 6) is -0.578. The highest BCUT2D eigenvalue weighted by atomic mass is 35.5. The van der Waals surface area contributed by atoms with E-state index in [1.54, 1.807) is 12.1 Å². The van der Waals surface area contributed by atoms with Crippen molar-refractivity contribution < 1.29 is 13.2 Å². The molecule has 7 nitrogen and oxygen atoms in total. The third-order valence-electron chi connectivity index (χ3n) is 3.86. The Morgan fingerprint density at radius 2 is 1.77 bits per heavy atom. The Labute approximate surface area is 192 Å². The van der Waals surface area contributed by atoms with Crippen molar-refractivity contribution >= 4 is 73.0 Å². The molecule has 0 saturated heterocycles. The van der Waals surface area contributed by atoms with Gasteiger partial charge in [-0.2, -0.15) is 0 Å². The number of amides is 1. The Morgan fingerprint density at radius 1 is 1.13 bits per heavy atom. The summed E-state index contributed by atoms with van der Waals surface area (Å²) >= 11 is 14.7. The first kappa shape index (κ1) is 22.8. The lowest BCUT2D eigenvalue weighted by atomic mass is 10.2. The molecule has 2 aromatic carbocycles. The number of thioether (sulfide) groups is 1. The van der Waals surface area contributed by atoms with Crippen molar-refractivity contribution in [3.8, 4) is 0 Å². The molecule has 0 aliphatic rings. The van der Waals surface area contributed by atoms with Crippen LogP contribution in [-0.4, -0.2) is 37.3 Å². The van der Waals surface area contributed by atoms with Gasteiger partial charge in [0, 0.05) is 10.0 Å². The summed E-state index contributed by atoms with van der Waals surface area (Å²) in [7, 11) is -4.07. The second kappa shape index (κ2) is 9.52.